The second kappa shape index (κ2) is 6.26. The summed E-state index contributed by atoms with van der Waals surface area (Å²) in [6.45, 7) is 0.779. The summed E-state index contributed by atoms with van der Waals surface area (Å²) in [6.07, 6.45) is 0. The van der Waals surface area contributed by atoms with Crippen molar-refractivity contribution in [2.45, 2.75) is 6.92 Å². The number of carbonyl (C=O) groups is 5. The zero-order chi connectivity index (χ0) is 17.1. The summed E-state index contributed by atoms with van der Waals surface area (Å²) in [5.41, 5.74) is 0.860. The maximum atomic E-state index is 11.9. The molecule has 6 amide bonds. The van der Waals surface area contributed by atoms with Crippen LogP contribution >= 0.6 is 0 Å². The van der Waals surface area contributed by atoms with Crippen LogP contribution in [0, 0.1) is 0 Å². The van der Waals surface area contributed by atoms with Crippen LogP contribution in [0.1, 0.15) is 6.92 Å². The van der Waals surface area contributed by atoms with E-state index in [2.05, 4.69) is 10.6 Å². The highest BCUT2D eigenvalue weighted by atomic mass is 16.2. The van der Waals surface area contributed by atoms with Crippen LogP contribution in [0.25, 0.3) is 0 Å². The smallest absolute Gasteiger partial charge is 0.326 e. The van der Waals surface area contributed by atoms with E-state index >= 15 is 0 Å². The molecule has 2 rings (SSSR count). The zero-order valence-electron chi connectivity index (χ0n) is 12.5. The number of nitrogens with zero attached hydrogens (tertiary/aromatic N) is 2. The number of rotatable bonds is 4. The van der Waals surface area contributed by atoms with Crippen LogP contribution in [0.4, 0.5) is 16.2 Å². The Morgan fingerprint density at radius 2 is 1.65 bits per heavy atom. The summed E-state index contributed by atoms with van der Waals surface area (Å²) in [7, 11) is 1.16. The number of urea groups is 1. The molecule has 0 radical (unpaired) electrons. The maximum absolute atomic E-state index is 11.9. The standard InChI is InChI=1S/C14H14N4O5/c1-8(19)15-9-4-3-5-10(6-9)16-11(20)7-18-13(22)12(21)17(2)14(18)23/h3-6H,7H2,1-2H3,(H,15,19)(H,16,20). The molecule has 2 N–H and O–H groups in total. The van der Waals surface area contributed by atoms with Crippen molar-refractivity contribution in [3.05, 3.63) is 24.3 Å². The lowest BCUT2D eigenvalue weighted by atomic mass is 10.2. The Morgan fingerprint density at radius 3 is 2.17 bits per heavy atom. The number of amides is 6. The monoisotopic (exact) mass is 318 g/mol. The summed E-state index contributed by atoms with van der Waals surface area (Å²) >= 11 is 0. The highest BCUT2D eigenvalue weighted by molar-refractivity contribution is 6.44. The van der Waals surface area contributed by atoms with Crippen molar-refractivity contribution in [3.63, 3.8) is 0 Å². The summed E-state index contributed by atoms with van der Waals surface area (Å²) in [4.78, 5) is 58.7. The molecular formula is C14H14N4O5. The fourth-order valence-corrected chi connectivity index (χ4v) is 1.98. The molecule has 0 saturated carbocycles. The Hall–Kier alpha value is -3.23. The van der Waals surface area contributed by atoms with Gasteiger partial charge in [-0.15, -0.1) is 0 Å². The van der Waals surface area contributed by atoms with E-state index in [1.165, 1.54) is 13.0 Å². The van der Waals surface area contributed by atoms with Crippen LogP contribution in [0.3, 0.4) is 0 Å². The summed E-state index contributed by atoms with van der Waals surface area (Å²) in [5.74, 6) is -2.92. The molecule has 1 aliphatic rings. The fourth-order valence-electron chi connectivity index (χ4n) is 1.98. The number of likely N-dealkylation sites (N-methyl/N-ethyl adjacent to an activating group) is 1. The molecule has 1 heterocycles. The topological polar surface area (TPSA) is 116 Å². The Kier molecular flexibility index (Phi) is 4.39. The van der Waals surface area contributed by atoms with Gasteiger partial charge in [0.15, 0.2) is 0 Å². The molecule has 1 saturated heterocycles. The first-order chi connectivity index (χ1) is 10.8. The Balaban J connectivity index is 2.03. The minimum atomic E-state index is -1.04. The number of anilines is 2. The quantitative estimate of drug-likeness (QED) is 0.599. The molecule has 1 aromatic rings. The lowest BCUT2D eigenvalue weighted by Crippen LogP contribution is -2.38. The maximum Gasteiger partial charge on any atom is 0.334 e. The third kappa shape index (κ3) is 3.51. The van der Waals surface area contributed by atoms with E-state index in [0.29, 0.717) is 21.2 Å². The van der Waals surface area contributed by atoms with E-state index < -0.39 is 30.3 Å². The van der Waals surface area contributed by atoms with Crippen LogP contribution in [-0.4, -0.2) is 53.1 Å². The SMILES string of the molecule is CC(=O)Nc1cccc(NC(=O)CN2C(=O)C(=O)N(C)C2=O)c1. The third-order valence-electron chi connectivity index (χ3n) is 3.02. The molecule has 0 atom stereocenters. The van der Waals surface area contributed by atoms with Crippen LogP contribution < -0.4 is 10.6 Å². The molecule has 120 valence electrons. The first-order valence-electron chi connectivity index (χ1n) is 6.60. The molecule has 0 aliphatic carbocycles. The molecular weight excluding hydrogens is 304 g/mol. The number of hydrogen-bond donors (Lipinski definition) is 2. The van der Waals surface area contributed by atoms with Crippen LogP contribution in [0.5, 0.6) is 0 Å². The lowest BCUT2D eigenvalue weighted by Gasteiger charge is -2.13. The lowest BCUT2D eigenvalue weighted by molar-refractivity contribution is -0.143. The Morgan fingerprint density at radius 1 is 1.04 bits per heavy atom. The fraction of sp³-hybridized carbons (Fsp3) is 0.214. The highest BCUT2D eigenvalue weighted by Gasteiger charge is 2.42. The van der Waals surface area contributed by atoms with E-state index in [4.69, 9.17) is 0 Å². The molecule has 9 nitrogen and oxygen atoms in total. The normalized spacial score (nSPS) is 14.3. The number of nitrogens with one attached hydrogen (secondary N) is 2. The molecule has 0 unspecified atom stereocenters. The van der Waals surface area contributed by atoms with Crippen molar-refractivity contribution in [2.24, 2.45) is 0 Å². The molecule has 1 aromatic carbocycles. The average molecular weight is 318 g/mol. The molecule has 9 heteroatoms. The molecule has 0 aromatic heterocycles. The van der Waals surface area contributed by atoms with Crippen molar-refractivity contribution in [3.8, 4) is 0 Å². The number of benzene rings is 1. The molecule has 23 heavy (non-hydrogen) atoms. The van der Waals surface area contributed by atoms with E-state index in [1.54, 1.807) is 18.2 Å². The van der Waals surface area contributed by atoms with E-state index in [0.717, 1.165) is 7.05 Å². The van der Waals surface area contributed by atoms with Gasteiger partial charge in [0.1, 0.15) is 6.54 Å². The first-order valence-corrected chi connectivity index (χ1v) is 6.60. The predicted molar refractivity (Wildman–Crippen MR) is 79.3 cm³/mol. The molecule has 1 fully saturated rings. The van der Waals surface area contributed by atoms with Crippen LogP contribution in [0.2, 0.25) is 0 Å². The predicted octanol–water partition coefficient (Wildman–Crippen LogP) is 0.00410. The molecule has 0 bridgehead atoms. The molecule has 0 spiro atoms. The van der Waals surface area contributed by atoms with Crippen molar-refractivity contribution >= 4 is 41.0 Å². The number of imide groups is 2. The Labute approximate surface area is 131 Å². The summed E-state index contributed by atoms with van der Waals surface area (Å²) in [6, 6.07) is 5.50. The van der Waals surface area contributed by atoms with Gasteiger partial charge in [0, 0.05) is 25.3 Å². The first kappa shape index (κ1) is 16.1. The minimum Gasteiger partial charge on any atom is -0.326 e. The average Bonchev–Trinajstić information content (AvgIpc) is 2.65. The summed E-state index contributed by atoms with van der Waals surface area (Å²) < 4.78 is 0. The third-order valence-corrected chi connectivity index (χ3v) is 3.02. The zero-order valence-corrected chi connectivity index (χ0v) is 12.5. The van der Waals surface area contributed by atoms with Gasteiger partial charge in [0.25, 0.3) is 0 Å². The van der Waals surface area contributed by atoms with Crippen LogP contribution in [-0.2, 0) is 19.2 Å². The minimum absolute atomic E-state index is 0.261. The van der Waals surface area contributed by atoms with Gasteiger partial charge in [-0.1, -0.05) is 6.07 Å². The van der Waals surface area contributed by atoms with Gasteiger partial charge in [0.05, 0.1) is 0 Å². The van der Waals surface area contributed by atoms with E-state index in [-0.39, 0.29) is 5.91 Å². The highest BCUT2D eigenvalue weighted by Crippen LogP contribution is 2.15. The van der Waals surface area contributed by atoms with Crippen molar-refractivity contribution < 1.29 is 24.0 Å². The largest absolute Gasteiger partial charge is 0.334 e. The second-order valence-electron chi connectivity index (χ2n) is 4.85. The number of carbonyl (C=O) groups excluding carboxylic acids is 5. The van der Waals surface area contributed by atoms with Gasteiger partial charge in [-0.3, -0.25) is 24.1 Å². The van der Waals surface area contributed by atoms with Crippen molar-refractivity contribution in [1.82, 2.24) is 9.80 Å². The molecule has 1 aliphatic heterocycles. The summed E-state index contributed by atoms with van der Waals surface area (Å²) in [5, 5.41) is 5.04. The van der Waals surface area contributed by atoms with Crippen molar-refractivity contribution in [2.75, 3.05) is 24.2 Å². The van der Waals surface area contributed by atoms with Crippen LogP contribution in [0.15, 0.2) is 24.3 Å². The van der Waals surface area contributed by atoms with Gasteiger partial charge in [-0.05, 0) is 18.2 Å². The van der Waals surface area contributed by atoms with Gasteiger partial charge < -0.3 is 10.6 Å². The van der Waals surface area contributed by atoms with E-state index in [9.17, 15) is 24.0 Å². The number of hydrogen-bond acceptors (Lipinski definition) is 5. The van der Waals surface area contributed by atoms with Crippen molar-refractivity contribution in [1.29, 1.82) is 0 Å². The van der Waals surface area contributed by atoms with Gasteiger partial charge in [-0.25, -0.2) is 9.69 Å². The van der Waals surface area contributed by atoms with E-state index in [1.807, 2.05) is 0 Å². The van der Waals surface area contributed by atoms with Gasteiger partial charge >= 0.3 is 17.8 Å². The van der Waals surface area contributed by atoms with Gasteiger partial charge in [-0.2, -0.15) is 0 Å². The van der Waals surface area contributed by atoms with Gasteiger partial charge in [0.2, 0.25) is 11.8 Å². The second-order valence-corrected chi connectivity index (χ2v) is 4.85. The Bertz CT molecular complexity index is 715.